The summed E-state index contributed by atoms with van der Waals surface area (Å²) in [6.07, 6.45) is -0.164. The van der Waals surface area contributed by atoms with Crippen LogP contribution in [0, 0.1) is 6.92 Å². The number of hydrogen-bond acceptors (Lipinski definition) is 3. The molecule has 1 aromatic heterocycles. The average molecular weight is 168 g/mol. The average Bonchev–Trinajstić information content (AvgIpc) is 1.94. The van der Waals surface area contributed by atoms with Gasteiger partial charge in [0.15, 0.2) is 0 Å². The summed E-state index contributed by atoms with van der Waals surface area (Å²) in [6.45, 7) is 1.65. The molecule has 0 aliphatic heterocycles. The van der Waals surface area contributed by atoms with Gasteiger partial charge in [0.25, 0.3) is 5.56 Å². The molecule has 1 heterocycles. The highest BCUT2D eigenvalue weighted by Gasteiger charge is 2.05. The van der Waals surface area contributed by atoms with Gasteiger partial charge < -0.3 is 5.11 Å². The molecule has 0 aliphatic rings. The van der Waals surface area contributed by atoms with Crippen LogP contribution in [0.4, 0.5) is 0 Å². The summed E-state index contributed by atoms with van der Waals surface area (Å²) in [4.78, 5) is 20.9. The Morgan fingerprint density at radius 3 is 2.92 bits per heavy atom. The molecule has 5 nitrogen and oxygen atoms in total. The zero-order chi connectivity index (χ0) is 9.14. The maximum Gasteiger partial charge on any atom is 0.309 e. The quantitative estimate of drug-likeness (QED) is 0.635. The molecule has 0 unspecified atom stereocenters. The summed E-state index contributed by atoms with van der Waals surface area (Å²) in [5.41, 5.74) is 0.671. The van der Waals surface area contributed by atoms with Gasteiger partial charge in [0.2, 0.25) is 0 Å². The number of aromatic amines is 1. The molecule has 0 radical (unpaired) electrons. The molecule has 0 saturated heterocycles. The van der Waals surface area contributed by atoms with Crippen LogP contribution < -0.4 is 5.56 Å². The van der Waals surface area contributed by atoms with Crippen LogP contribution in [0.2, 0.25) is 0 Å². The van der Waals surface area contributed by atoms with E-state index in [1.807, 2.05) is 0 Å². The van der Waals surface area contributed by atoms with Crippen molar-refractivity contribution in [1.29, 1.82) is 0 Å². The maximum absolute atomic E-state index is 10.7. The third-order valence-corrected chi connectivity index (χ3v) is 1.42. The van der Waals surface area contributed by atoms with Crippen molar-refractivity contribution in [2.75, 3.05) is 0 Å². The van der Waals surface area contributed by atoms with Gasteiger partial charge in [-0.25, -0.2) is 5.10 Å². The minimum absolute atomic E-state index is 0.164. The normalized spacial score (nSPS) is 9.75. The number of aromatic nitrogens is 2. The van der Waals surface area contributed by atoms with Crippen LogP contribution in [-0.4, -0.2) is 21.3 Å². The number of carbonyl (C=O) groups is 1. The molecule has 0 bridgehead atoms. The predicted octanol–water partition coefficient (Wildman–Crippen LogP) is -0.295. The lowest BCUT2D eigenvalue weighted by Crippen LogP contribution is -2.13. The molecule has 0 fully saturated rings. The highest BCUT2D eigenvalue weighted by molar-refractivity contribution is 5.69. The van der Waals surface area contributed by atoms with Crippen LogP contribution in [0.3, 0.4) is 0 Å². The lowest BCUT2D eigenvalue weighted by molar-refractivity contribution is -0.136. The fourth-order valence-corrected chi connectivity index (χ4v) is 0.845. The number of nitrogens with zero attached hydrogens (tertiary/aromatic N) is 1. The lowest BCUT2D eigenvalue weighted by Gasteiger charge is -1.98. The van der Waals surface area contributed by atoms with Gasteiger partial charge in [0.1, 0.15) is 0 Å². The van der Waals surface area contributed by atoms with Gasteiger partial charge in [0, 0.05) is 6.07 Å². The first kappa shape index (κ1) is 8.45. The summed E-state index contributed by atoms with van der Waals surface area (Å²) in [7, 11) is 0. The van der Waals surface area contributed by atoms with Crippen LogP contribution in [-0.2, 0) is 11.2 Å². The van der Waals surface area contributed by atoms with E-state index in [4.69, 9.17) is 5.11 Å². The van der Waals surface area contributed by atoms with E-state index in [1.165, 1.54) is 6.07 Å². The molecule has 12 heavy (non-hydrogen) atoms. The predicted molar refractivity (Wildman–Crippen MR) is 40.9 cm³/mol. The first-order valence-electron chi connectivity index (χ1n) is 3.36. The lowest BCUT2D eigenvalue weighted by atomic mass is 10.2. The number of rotatable bonds is 2. The van der Waals surface area contributed by atoms with Crippen molar-refractivity contribution in [1.82, 2.24) is 10.2 Å². The van der Waals surface area contributed by atoms with E-state index in [0.717, 1.165) is 0 Å². The number of hydrogen-bond donors (Lipinski definition) is 2. The summed E-state index contributed by atoms with van der Waals surface area (Å²) in [5.74, 6) is -0.961. The first-order chi connectivity index (χ1) is 5.59. The van der Waals surface area contributed by atoms with E-state index in [-0.39, 0.29) is 12.0 Å². The second-order valence-electron chi connectivity index (χ2n) is 2.43. The van der Waals surface area contributed by atoms with Gasteiger partial charge in [-0.3, -0.25) is 9.59 Å². The third kappa shape index (κ3) is 1.91. The minimum atomic E-state index is -0.961. The molecular formula is C7H8N2O3. The topological polar surface area (TPSA) is 83.0 Å². The van der Waals surface area contributed by atoms with Crippen LogP contribution in [0.5, 0.6) is 0 Å². The molecule has 0 saturated carbocycles. The Morgan fingerprint density at radius 2 is 2.42 bits per heavy atom. The Balaban J connectivity index is 3.01. The fraction of sp³-hybridized carbons (Fsp3) is 0.286. The SMILES string of the molecule is Cc1cc(=O)[nH]nc1CC(=O)O. The van der Waals surface area contributed by atoms with Crippen molar-refractivity contribution in [3.63, 3.8) is 0 Å². The third-order valence-electron chi connectivity index (χ3n) is 1.42. The molecule has 0 aliphatic carbocycles. The van der Waals surface area contributed by atoms with Crippen LogP contribution in [0.25, 0.3) is 0 Å². The van der Waals surface area contributed by atoms with Gasteiger partial charge in [-0.05, 0) is 12.5 Å². The highest BCUT2D eigenvalue weighted by Crippen LogP contribution is 1.99. The van der Waals surface area contributed by atoms with E-state index < -0.39 is 5.97 Å². The zero-order valence-corrected chi connectivity index (χ0v) is 6.50. The van der Waals surface area contributed by atoms with Crippen molar-refractivity contribution in [2.45, 2.75) is 13.3 Å². The van der Waals surface area contributed by atoms with E-state index in [9.17, 15) is 9.59 Å². The highest BCUT2D eigenvalue weighted by atomic mass is 16.4. The molecule has 0 aromatic carbocycles. The molecule has 5 heteroatoms. The van der Waals surface area contributed by atoms with Gasteiger partial charge >= 0.3 is 5.97 Å². The Bertz CT molecular complexity index is 356. The van der Waals surface area contributed by atoms with Gasteiger partial charge in [0.05, 0.1) is 12.1 Å². The molecule has 0 atom stereocenters. The standard InChI is InChI=1S/C7H8N2O3/c1-4-2-6(10)9-8-5(4)3-7(11)12/h2H,3H2,1H3,(H,9,10)(H,11,12). The second-order valence-corrected chi connectivity index (χ2v) is 2.43. The number of aliphatic carboxylic acids is 1. The number of carboxylic acid groups (broad SMARTS) is 1. The zero-order valence-electron chi connectivity index (χ0n) is 6.50. The number of carboxylic acids is 1. The Kier molecular flexibility index (Phi) is 2.23. The molecule has 0 spiro atoms. The second kappa shape index (κ2) is 3.17. The van der Waals surface area contributed by atoms with E-state index >= 15 is 0 Å². The van der Waals surface area contributed by atoms with Crippen LogP contribution in [0.15, 0.2) is 10.9 Å². The van der Waals surface area contributed by atoms with E-state index in [0.29, 0.717) is 11.3 Å². The molecule has 1 rings (SSSR count). The number of H-pyrrole nitrogens is 1. The maximum atomic E-state index is 10.7. The monoisotopic (exact) mass is 168 g/mol. The van der Waals surface area contributed by atoms with E-state index in [2.05, 4.69) is 10.2 Å². The summed E-state index contributed by atoms with van der Waals surface area (Å²) >= 11 is 0. The molecule has 0 amide bonds. The summed E-state index contributed by atoms with van der Waals surface area (Å²) in [6, 6.07) is 1.32. The van der Waals surface area contributed by atoms with Crippen LogP contribution in [0.1, 0.15) is 11.3 Å². The van der Waals surface area contributed by atoms with Crippen molar-refractivity contribution in [3.05, 3.63) is 27.7 Å². The largest absolute Gasteiger partial charge is 0.481 e. The van der Waals surface area contributed by atoms with E-state index in [1.54, 1.807) is 6.92 Å². The first-order valence-corrected chi connectivity index (χ1v) is 3.36. The van der Waals surface area contributed by atoms with Crippen molar-refractivity contribution < 1.29 is 9.90 Å². The van der Waals surface area contributed by atoms with Gasteiger partial charge in [-0.15, -0.1) is 0 Å². The Morgan fingerprint density at radius 1 is 1.75 bits per heavy atom. The van der Waals surface area contributed by atoms with Crippen molar-refractivity contribution in [2.24, 2.45) is 0 Å². The fourth-order valence-electron chi connectivity index (χ4n) is 0.845. The van der Waals surface area contributed by atoms with Gasteiger partial charge in [-0.2, -0.15) is 5.10 Å². The summed E-state index contributed by atoms with van der Waals surface area (Å²) in [5, 5.41) is 14.2. The summed E-state index contributed by atoms with van der Waals surface area (Å²) < 4.78 is 0. The van der Waals surface area contributed by atoms with Gasteiger partial charge in [-0.1, -0.05) is 0 Å². The van der Waals surface area contributed by atoms with Crippen molar-refractivity contribution in [3.8, 4) is 0 Å². The Labute approximate surface area is 68.1 Å². The van der Waals surface area contributed by atoms with Crippen molar-refractivity contribution >= 4 is 5.97 Å². The van der Waals surface area contributed by atoms with Crippen LogP contribution >= 0.6 is 0 Å². The molecule has 64 valence electrons. The number of nitrogens with one attached hydrogen (secondary N) is 1. The number of aryl methyl sites for hydroxylation is 1. The Hall–Kier alpha value is -1.65. The minimum Gasteiger partial charge on any atom is -0.481 e. The molecule has 1 aromatic rings. The molecule has 2 N–H and O–H groups in total. The smallest absolute Gasteiger partial charge is 0.309 e. The molecular weight excluding hydrogens is 160 g/mol.